The van der Waals surface area contributed by atoms with Gasteiger partial charge in [-0.25, -0.2) is 0 Å². The fourth-order valence-corrected chi connectivity index (χ4v) is 1.89. The van der Waals surface area contributed by atoms with Gasteiger partial charge in [0.05, 0.1) is 6.10 Å². The Balaban J connectivity index is 3.12. The summed E-state index contributed by atoms with van der Waals surface area (Å²) in [5.41, 5.74) is 0. The Morgan fingerprint density at radius 2 is 1.59 bits per heavy atom. The van der Waals surface area contributed by atoms with E-state index in [-0.39, 0.29) is 12.1 Å². The standard InChI is InChI=1S/C14H26O3/c1-13(17-14(2)16)11-9-7-5-3-4-6-8-10-12-15/h12-13H,3-11H2,1-2H3/t13-/m1/s1. The van der Waals surface area contributed by atoms with E-state index >= 15 is 0 Å². The average Bonchev–Trinajstić information content (AvgIpc) is 2.26. The highest BCUT2D eigenvalue weighted by atomic mass is 16.5. The van der Waals surface area contributed by atoms with E-state index in [4.69, 9.17) is 4.74 Å². The summed E-state index contributed by atoms with van der Waals surface area (Å²) >= 11 is 0. The van der Waals surface area contributed by atoms with Crippen molar-refractivity contribution >= 4 is 12.3 Å². The predicted molar refractivity (Wildman–Crippen MR) is 68.8 cm³/mol. The number of aldehydes is 1. The molecule has 0 saturated heterocycles. The van der Waals surface area contributed by atoms with E-state index < -0.39 is 0 Å². The minimum Gasteiger partial charge on any atom is -0.463 e. The molecule has 0 radical (unpaired) electrons. The summed E-state index contributed by atoms with van der Waals surface area (Å²) in [6, 6.07) is 0. The molecule has 100 valence electrons. The van der Waals surface area contributed by atoms with Crippen molar-refractivity contribution in [1.82, 2.24) is 0 Å². The molecule has 0 rings (SSSR count). The van der Waals surface area contributed by atoms with Crippen LogP contribution in [0.3, 0.4) is 0 Å². The molecule has 0 fully saturated rings. The van der Waals surface area contributed by atoms with Gasteiger partial charge in [0, 0.05) is 13.3 Å². The molecule has 0 saturated carbocycles. The number of unbranched alkanes of at least 4 members (excludes halogenated alkanes) is 7. The zero-order valence-electron chi connectivity index (χ0n) is 11.2. The molecule has 3 heteroatoms. The van der Waals surface area contributed by atoms with Gasteiger partial charge in [-0.1, -0.05) is 32.1 Å². The summed E-state index contributed by atoms with van der Waals surface area (Å²) in [6.07, 6.45) is 11.0. The molecule has 1 atom stereocenters. The monoisotopic (exact) mass is 242 g/mol. The van der Waals surface area contributed by atoms with Crippen LogP contribution in [0.5, 0.6) is 0 Å². The third-order valence-corrected chi connectivity index (χ3v) is 2.80. The van der Waals surface area contributed by atoms with Crippen molar-refractivity contribution in [3.8, 4) is 0 Å². The van der Waals surface area contributed by atoms with Gasteiger partial charge in [-0.2, -0.15) is 0 Å². The highest BCUT2D eigenvalue weighted by molar-refractivity contribution is 5.66. The SMILES string of the molecule is CC(=O)O[C@H](C)CCCCCCCCCC=O. The van der Waals surface area contributed by atoms with Crippen LogP contribution in [0.1, 0.15) is 71.6 Å². The van der Waals surface area contributed by atoms with Crippen LogP contribution in [-0.4, -0.2) is 18.4 Å². The van der Waals surface area contributed by atoms with Crippen molar-refractivity contribution in [2.75, 3.05) is 0 Å². The second-order valence-electron chi connectivity index (χ2n) is 4.64. The van der Waals surface area contributed by atoms with Crippen molar-refractivity contribution in [3.63, 3.8) is 0 Å². The molecule has 0 unspecified atom stereocenters. The Morgan fingerprint density at radius 3 is 2.12 bits per heavy atom. The number of hydrogen-bond donors (Lipinski definition) is 0. The first-order valence-corrected chi connectivity index (χ1v) is 6.77. The molecule has 0 aromatic heterocycles. The van der Waals surface area contributed by atoms with E-state index in [1.807, 2.05) is 6.92 Å². The smallest absolute Gasteiger partial charge is 0.302 e. The van der Waals surface area contributed by atoms with E-state index in [1.54, 1.807) is 0 Å². The van der Waals surface area contributed by atoms with Crippen LogP contribution in [0.25, 0.3) is 0 Å². The van der Waals surface area contributed by atoms with Crippen LogP contribution in [0.4, 0.5) is 0 Å². The Bertz CT molecular complexity index is 202. The van der Waals surface area contributed by atoms with Gasteiger partial charge in [0.2, 0.25) is 0 Å². The van der Waals surface area contributed by atoms with E-state index in [0.29, 0.717) is 6.42 Å². The maximum Gasteiger partial charge on any atom is 0.302 e. The van der Waals surface area contributed by atoms with Crippen LogP contribution in [0, 0.1) is 0 Å². The number of carbonyl (C=O) groups excluding carboxylic acids is 2. The lowest BCUT2D eigenvalue weighted by Gasteiger charge is -2.11. The number of esters is 1. The van der Waals surface area contributed by atoms with Gasteiger partial charge < -0.3 is 9.53 Å². The fraction of sp³-hybridized carbons (Fsp3) is 0.857. The summed E-state index contributed by atoms with van der Waals surface area (Å²) in [7, 11) is 0. The molecule has 0 aliphatic carbocycles. The Morgan fingerprint density at radius 1 is 1.06 bits per heavy atom. The van der Waals surface area contributed by atoms with E-state index in [9.17, 15) is 9.59 Å². The Labute approximate surface area is 105 Å². The molecule has 0 aliphatic heterocycles. The first kappa shape index (κ1) is 16.1. The first-order chi connectivity index (χ1) is 8.16. The zero-order chi connectivity index (χ0) is 12.9. The van der Waals surface area contributed by atoms with Gasteiger partial charge >= 0.3 is 5.97 Å². The van der Waals surface area contributed by atoms with Gasteiger partial charge in [0.15, 0.2) is 0 Å². The molecular formula is C14H26O3. The number of carbonyl (C=O) groups is 2. The molecule has 0 aromatic carbocycles. The quantitative estimate of drug-likeness (QED) is 0.315. The molecule has 0 spiro atoms. The fourth-order valence-electron chi connectivity index (χ4n) is 1.89. The molecule has 0 bridgehead atoms. The maximum absolute atomic E-state index is 10.7. The van der Waals surface area contributed by atoms with Gasteiger partial charge in [-0.15, -0.1) is 0 Å². The molecule has 17 heavy (non-hydrogen) atoms. The summed E-state index contributed by atoms with van der Waals surface area (Å²) in [5.74, 6) is -0.187. The topological polar surface area (TPSA) is 43.4 Å². The second-order valence-corrected chi connectivity index (χ2v) is 4.64. The molecule has 0 aliphatic rings. The molecule has 0 aromatic rings. The first-order valence-electron chi connectivity index (χ1n) is 6.77. The normalized spacial score (nSPS) is 12.1. The van der Waals surface area contributed by atoms with Crippen molar-refractivity contribution in [3.05, 3.63) is 0 Å². The lowest BCUT2D eigenvalue weighted by atomic mass is 10.1. The van der Waals surface area contributed by atoms with Crippen LogP contribution in [0.2, 0.25) is 0 Å². The average molecular weight is 242 g/mol. The minimum atomic E-state index is -0.187. The zero-order valence-corrected chi connectivity index (χ0v) is 11.2. The number of rotatable bonds is 11. The maximum atomic E-state index is 10.7. The Hall–Kier alpha value is -0.860. The third kappa shape index (κ3) is 13.1. The summed E-state index contributed by atoms with van der Waals surface area (Å²) in [4.78, 5) is 20.8. The molecule has 0 N–H and O–H groups in total. The molecule has 0 amide bonds. The lowest BCUT2D eigenvalue weighted by Crippen LogP contribution is -2.11. The minimum absolute atomic E-state index is 0.0556. The lowest BCUT2D eigenvalue weighted by molar-refractivity contribution is -0.145. The van der Waals surface area contributed by atoms with Gasteiger partial charge in [0.25, 0.3) is 0 Å². The van der Waals surface area contributed by atoms with Crippen molar-refractivity contribution in [1.29, 1.82) is 0 Å². The van der Waals surface area contributed by atoms with Crippen LogP contribution >= 0.6 is 0 Å². The number of hydrogen-bond acceptors (Lipinski definition) is 3. The molecular weight excluding hydrogens is 216 g/mol. The van der Waals surface area contributed by atoms with Crippen molar-refractivity contribution < 1.29 is 14.3 Å². The number of ether oxygens (including phenoxy) is 1. The summed E-state index contributed by atoms with van der Waals surface area (Å²) in [5, 5.41) is 0. The van der Waals surface area contributed by atoms with Gasteiger partial charge in [-0.3, -0.25) is 4.79 Å². The van der Waals surface area contributed by atoms with Crippen LogP contribution < -0.4 is 0 Å². The molecule has 0 heterocycles. The highest BCUT2D eigenvalue weighted by Crippen LogP contribution is 2.11. The van der Waals surface area contributed by atoms with E-state index in [0.717, 1.165) is 25.5 Å². The van der Waals surface area contributed by atoms with Crippen LogP contribution in [0.15, 0.2) is 0 Å². The summed E-state index contributed by atoms with van der Waals surface area (Å²) < 4.78 is 5.05. The van der Waals surface area contributed by atoms with Crippen molar-refractivity contribution in [2.45, 2.75) is 77.7 Å². The van der Waals surface area contributed by atoms with E-state index in [2.05, 4.69) is 0 Å². The summed E-state index contributed by atoms with van der Waals surface area (Å²) in [6.45, 7) is 3.40. The molecule has 3 nitrogen and oxygen atoms in total. The van der Waals surface area contributed by atoms with Crippen molar-refractivity contribution in [2.24, 2.45) is 0 Å². The van der Waals surface area contributed by atoms with Gasteiger partial charge in [-0.05, 0) is 26.2 Å². The van der Waals surface area contributed by atoms with E-state index in [1.165, 1.54) is 39.0 Å². The second kappa shape index (κ2) is 11.6. The highest BCUT2D eigenvalue weighted by Gasteiger charge is 2.04. The third-order valence-electron chi connectivity index (χ3n) is 2.80. The Kier molecular flexibility index (Phi) is 11.0. The van der Waals surface area contributed by atoms with Gasteiger partial charge in [0.1, 0.15) is 6.29 Å². The predicted octanol–water partition coefficient (Wildman–Crippen LogP) is 3.65. The largest absolute Gasteiger partial charge is 0.463 e. The van der Waals surface area contributed by atoms with Crippen LogP contribution in [-0.2, 0) is 14.3 Å².